The lowest BCUT2D eigenvalue weighted by Gasteiger charge is -2.05. The van der Waals surface area contributed by atoms with Gasteiger partial charge < -0.3 is 5.11 Å². The highest BCUT2D eigenvalue weighted by atomic mass is 19.1. The molecule has 1 atom stereocenters. The van der Waals surface area contributed by atoms with Gasteiger partial charge in [0.25, 0.3) is 0 Å². The minimum atomic E-state index is -1.52. The lowest BCUT2D eigenvalue weighted by molar-refractivity contribution is -0.134. The first-order chi connectivity index (χ1) is 6.61. The number of carbonyl (C=O) groups is 1. The maximum atomic E-state index is 12.7. The van der Waals surface area contributed by atoms with Crippen molar-refractivity contribution in [2.75, 3.05) is 0 Å². The minimum Gasteiger partial charge on any atom is -0.476 e. The van der Waals surface area contributed by atoms with Gasteiger partial charge in [-0.15, -0.1) is 0 Å². The maximum Gasteiger partial charge on any atom is 0.364 e. The average Bonchev–Trinajstić information content (AvgIpc) is 2.19. The Hall–Kier alpha value is -1.64. The lowest BCUT2D eigenvalue weighted by atomic mass is 10.0. The van der Waals surface area contributed by atoms with Crippen molar-refractivity contribution in [1.82, 2.24) is 0 Å². The molecule has 0 aliphatic carbocycles. The summed E-state index contributed by atoms with van der Waals surface area (Å²) in [6.45, 7) is 1.75. The van der Waals surface area contributed by atoms with Gasteiger partial charge in [0.1, 0.15) is 0 Å². The number of allylic oxidation sites excluding steroid dienone is 1. The van der Waals surface area contributed by atoms with Crippen LogP contribution < -0.4 is 0 Å². The zero-order valence-electron chi connectivity index (χ0n) is 7.77. The Bertz CT molecular complexity index is 344. The largest absolute Gasteiger partial charge is 0.476 e. The summed E-state index contributed by atoms with van der Waals surface area (Å²) in [5.74, 6) is -2.86. The van der Waals surface area contributed by atoms with Crippen molar-refractivity contribution in [3.63, 3.8) is 0 Å². The normalized spacial score (nSPS) is 13.7. The molecule has 2 nitrogen and oxygen atoms in total. The quantitative estimate of drug-likeness (QED) is 0.751. The average molecular weight is 194 g/mol. The molecule has 0 saturated heterocycles. The lowest BCUT2D eigenvalue weighted by Crippen LogP contribution is -1.97. The SMILES string of the molecule is CC(/C=C(/F)C(=O)O)c1ccccc1. The van der Waals surface area contributed by atoms with Gasteiger partial charge >= 0.3 is 5.97 Å². The van der Waals surface area contributed by atoms with Gasteiger partial charge in [0, 0.05) is 5.92 Å². The van der Waals surface area contributed by atoms with E-state index in [1.165, 1.54) is 0 Å². The second-order valence-corrected chi connectivity index (χ2v) is 3.02. The molecule has 0 aliphatic heterocycles. The predicted molar refractivity (Wildman–Crippen MR) is 51.7 cm³/mol. The zero-order valence-corrected chi connectivity index (χ0v) is 7.77. The van der Waals surface area contributed by atoms with Gasteiger partial charge in [0.05, 0.1) is 0 Å². The first-order valence-electron chi connectivity index (χ1n) is 4.27. The van der Waals surface area contributed by atoms with Gasteiger partial charge in [-0.2, -0.15) is 4.39 Å². The second-order valence-electron chi connectivity index (χ2n) is 3.02. The molecule has 74 valence electrons. The Morgan fingerprint density at radius 2 is 2.00 bits per heavy atom. The Labute approximate surface area is 81.7 Å². The van der Waals surface area contributed by atoms with Gasteiger partial charge in [-0.3, -0.25) is 0 Å². The summed E-state index contributed by atoms with van der Waals surface area (Å²) in [5, 5.41) is 8.33. The summed E-state index contributed by atoms with van der Waals surface area (Å²) in [6.07, 6.45) is 1.09. The Kier molecular flexibility index (Phi) is 3.40. The molecule has 0 fully saturated rings. The van der Waals surface area contributed by atoms with Crippen LogP contribution >= 0.6 is 0 Å². The second kappa shape index (κ2) is 4.56. The highest BCUT2D eigenvalue weighted by Crippen LogP contribution is 2.18. The van der Waals surface area contributed by atoms with E-state index in [0.29, 0.717) is 0 Å². The third-order valence-electron chi connectivity index (χ3n) is 1.93. The molecule has 1 aromatic carbocycles. The molecule has 14 heavy (non-hydrogen) atoms. The molecule has 0 spiro atoms. The number of halogens is 1. The smallest absolute Gasteiger partial charge is 0.364 e. The van der Waals surface area contributed by atoms with Crippen LogP contribution in [0.1, 0.15) is 18.4 Å². The Morgan fingerprint density at radius 1 is 1.43 bits per heavy atom. The van der Waals surface area contributed by atoms with Crippen LogP contribution in [-0.4, -0.2) is 11.1 Å². The van der Waals surface area contributed by atoms with Crippen LogP contribution in [0.3, 0.4) is 0 Å². The fraction of sp³-hybridized carbons (Fsp3) is 0.182. The van der Waals surface area contributed by atoms with Crippen LogP contribution in [0, 0.1) is 0 Å². The molecule has 1 rings (SSSR count). The van der Waals surface area contributed by atoms with Gasteiger partial charge in [0.15, 0.2) is 0 Å². The van der Waals surface area contributed by atoms with Crippen LogP contribution in [0.4, 0.5) is 4.39 Å². The third-order valence-corrected chi connectivity index (χ3v) is 1.93. The molecule has 0 aliphatic rings. The van der Waals surface area contributed by atoms with Crippen LogP contribution in [0.2, 0.25) is 0 Å². The molecule has 0 heterocycles. The fourth-order valence-electron chi connectivity index (χ4n) is 1.14. The summed E-state index contributed by atoms with van der Waals surface area (Å²) in [7, 11) is 0. The topological polar surface area (TPSA) is 37.3 Å². The number of carboxylic acid groups (broad SMARTS) is 1. The summed E-state index contributed by atoms with van der Waals surface area (Å²) >= 11 is 0. The van der Waals surface area contributed by atoms with Crippen LogP contribution in [0.25, 0.3) is 0 Å². The Morgan fingerprint density at radius 3 is 2.50 bits per heavy atom. The van der Waals surface area contributed by atoms with E-state index in [1.54, 1.807) is 6.92 Å². The van der Waals surface area contributed by atoms with Crippen LogP contribution in [-0.2, 0) is 4.79 Å². The number of carboxylic acids is 1. The molecular weight excluding hydrogens is 183 g/mol. The number of hydrogen-bond acceptors (Lipinski definition) is 1. The van der Waals surface area contributed by atoms with Crippen molar-refractivity contribution >= 4 is 5.97 Å². The zero-order chi connectivity index (χ0) is 10.6. The van der Waals surface area contributed by atoms with Crippen molar-refractivity contribution < 1.29 is 14.3 Å². The summed E-state index contributed by atoms with van der Waals surface area (Å²) in [5.41, 5.74) is 0.893. The van der Waals surface area contributed by atoms with Gasteiger partial charge in [-0.1, -0.05) is 37.3 Å². The van der Waals surface area contributed by atoms with Crippen molar-refractivity contribution in [1.29, 1.82) is 0 Å². The fourth-order valence-corrected chi connectivity index (χ4v) is 1.14. The number of rotatable bonds is 3. The van der Waals surface area contributed by atoms with E-state index < -0.39 is 11.8 Å². The molecule has 0 aromatic heterocycles. The number of hydrogen-bond donors (Lipinski definition) is 1. The van der Waals surface area contributed by atoms with Crippen LogP contribution in [0.15, 0.2) is 42.2 Å². The highest BCUT2D eigenvalue weighted by Gasteiger charge is 2.08. The van der Waals surface area contributed by atoms with Crippen molar-refractivity contribution in [2.45, 2.75) is 12.8 Å². The van der Waals surface area contributed by atoms with E-state index in [2.05, 4.69) is 0 Å². The molecule has 3 heteroatoms. The molecule has 0 bridgehead atoms. The van der Waals surface area contributed by atoms with Gasteiger partial charge in [0.2, 0.25) is 5.83 Å². The van der Waals surface area contributed by atoms with E-state index in [1.807, 2.05) is 30.3 Å². The van der Waals surface area contributed by atoms with Crippen molar-refractivity contribution in [3.05, 3.63) is 47.8 Å². The summed E-state index contributed by atoms with van der Waals surface area (Å²) < 4.78 is 12.7. The third kappa shape index (κ3) is 2.69. The first kappa shape index (κ1) is 10.4. The number of aliphatic carboxylic acids is 1. The molecule has 1 aromatic rings. The molecule has 0 amide bonds. The molecule has 1 N–H and O–H groups in total. The van der Waals surface area contributed by atoms with Crippen molar-refractivity contribution in [3.8, 4) is 0 Å². The maximum absolute atomic E-state index is 12.7. The highest BCUT2D eigenvalue weighted by molar-refractivity contribution is 5.84. The van der Waals surface area contributed by atoms with E-state index in [0.717, 1.165) is 11.6 Å². The van der Waals surface area contributed by atoms with E-state index in [-0.39, 0.29) is 5.92 Å². The molecule has 1 unspecified atom stereocenters. The molecule has 0 radical (unpaired) electrons. The number of benzene rings is 1. The van der Waals surface area contributed by atoms with Gasteiger partial charge in [-0.25, -0.2) is 4.79 Å². The minimum absolute atomic E-state index is 0.229. The molecule has 0 saturated carbocycles. The van der Waals surface area contributed by atoms with E-state index >= 15 is 0 Å². The predicted octanol–water partition coefficient (Wildman–Crippen LogP) is 2.73. The van der Waals surface area contributed by atoms with Crippen LogP contribution in [0.5, 0.6) is 0 Å². The summed E-state index contributed by atoms with van der Waals surface area (Å²) in [6, 6.07) is 9.18. The van der Waals surface area contributed by atoms with Crippen molar-refractivity contribution in [2.24, 2.45) is 0 Å². The van der Waals surface area contributed by atoms with Gasteiger partial charge in [-0.05, 0) is 11.6 Å². The first-order valence-corrected chi connectivity index (χ1v) is 4.27. The standard InChI is InChI=1S/C11H11FO2/c1-8(7-10(12)11(13)14)9-5-3-2-4-6-9/h2-8H,1H3,(H,13,14)/b10-7+. The summed E-state index contributed by atoms with van der Waals surface area (Å²) in [4.78, 5) is 10.2. The molecular formula is C11H11FO2. The van der Waals surface area contributed by atoms with E-state index in [9.17, 15) is 9.18 Å². The van der Waals surface area contributed by atoms with E-state index in [4.69, 9.17) is 5.11 Å². The monoisotopic (exact) mass is 194 g/mol. The Balaban J connectivity index is 2.82.